The summed E-state index contributed by atoms with van der Waals surface area (Å²) in [6.45, 7) is 1.84. The minimum absolute atomic E-state index is 0.0428. The van der Waals surface area contributed by atoms with E-state index in [2.05, 4.69) is 5.32 Å². The molecule has 8 nitrogen and oxygen atoms in total. The third-order valence-electron chi connectivity index (χ3n) is 4.40. The molecule has 0 aromatic heterocycles. The topological polar surface area (TPSA) is 99.2 Å². The number of nitrogens with one attached hydrogen (secondary N) is 1. The van der Waals surface area contributed by atoms with Gasteiger partial charge < -0.3 is 25.0 Å². The number of hydrogen-bond donors (Lipinski definition) is 2. The Labute approximate surface area is 163 Å². The second-order valence-corrected chi connectivity index (χ2v) is 7.13. The van der Waals surface area contributed by atoms with Crippen LogP contribution in [-0.4, -0.2) is 73.5 Å². The highest BCUT2D eigenvalue weighted by Crippen LogP contribution is 2.32. The third kappa shape index (κ3) is 5.33. The van der Waals surface area contributed by atoms with Crippen LogP contribution in [0.1, 0.15) is 23.2 Å². The molecule has 27 heavy (non-hydrogen) atoms. The molecular weight excluding hydrogens is 374 g/mol. The first-order valence-electron chi connectivity index (χ1n) is 8.57. The van der Waals surface area contributed by atoms with Crippen molar-refractivity contribution in [2.45, 2.75) is 12.8 Å². The van der Waals surface area contributed by atoms with Crippen LogP contribution in [0.5, 0.6) is 5.75 Å². The number of ether oxygens (including phenoxy) is 1. The van der Waals surface area contributed by atoms with E-state index in [0.29, 0.717) is 13.1 Å². The van der Waals surface area contributed by atoms with E-state index in [1.54, 1.807) is 4.90 Å². The molecule has 1 aliphatic rings. The lowest BCUT2D eigenvalue weighted by molar-refractivity contribution is -0.128. The summed E-state index contributed by atoms with van der Waals surface area (Å²) >= 11 is 6.09. The average molecular weight is 398 g/mol. The van der Waals surface area contributed by atoms with Gasteiger partial charge in [-0.3, -0.25) is 9.59 Å². The Bertz CT molecular complexity index is 738. The summed E-state index contributed by atoms with van der Waals surface area (Å²) in [5, 5.41) is 11.9. The Morgan fingerprint density at radius 1 is 1.41 bits per heavy atom. The van der Waals surface area contributed by atoms with Crippen molar-refractivity contribution in [3.63, 3.8) is 0 Å². The van der Waals surface area contributed by atoms with Crippen LogP contribution >= 0.6 is 11.6 Å². The van der Waals surface area contributed by atoms with Gasteiger partial charge in [-0.25, -0.2) is 4.79 Å². The molecule has 1 saturated heterocycles. The van der Waals surface area contributed by atoms with Crippen LogP contribution in [-0.2, 0) is 9.59 Å². The number of anilines is 1. The zero-order valence-electron chi connectivity index (χ0n) is 15.6. The number of nitrogens with zero attached hydrogens (tertiary/aromatic N) is 2. The van der Waals surface area contributed by atoms with Gasteiger partial charge in [0.15, 0.2) is 0 Å². The fraction of sp³-hybridized carbons (Fsp3) is 0.500. The van der Waals surface area contributed by atoms with Gasteiger partial charge in [-0.15, -0.1) is 0 Å². The molecule has 0 bridgehead atoms. The minimum atomic E-state index is -1.18. The van der Waals surface area contributed by atoms with Crippen molar-refractivity contribution in [2.24, 2.45) is 5.92 Å². The van der Waals surface area contributed by atoms with Gasteiger partial charge >= 0.3 is 5.97 Å². The fourth-order valence-electron chi connectivity index (χ4n) is 2.96. The van der Waals surface area contributed by atoms with E-state index in [1.807, 2.05) is 19.0 Å². The third-order valence-corrected chi connectivity index (χ3v) is 4.71. The van der Waals surface area contributed by atoms with Gasteiger partial charge in [-0.1, -0.05) is 11.6 Å². The Hall–Kier alpha value is -2.32. The van der Waals surface area contributed by atoms with Gasteiger partial charge in [0.1, 0.15) is 11.3 Å². The smallest absolute Gasteiger partial charge is 0.339 e. The Morgan fingerprint density at radius 2 is 2.11 bits per heavy atom. The highest BCUT2D eigenvalue weighted by atomic mass is 35.5. The Morgan fingerprint density at radius 3 is 2.70 bits per heavy atom. The van der Waals surface area contributed by atoms with E-state index in [9.17, 15) is 14.4 Å². The zero-order valence-corrected chi connectivity index (χ0v) is 16.4. The van der Waals surface area contributed by atoms with Crippen molar-refractivity contribution in [1.29, 1.82) is 0 Å². The molecule has 1 atom stereocenters. The molecule has 2 N–H and O–H groups in total. The van der Waals surface area contributed by atoms with Crippen molar-refractivity contribution >= 4 is 35.1 Å². The summed E-state index contributed by atoms with van der Waals surface area (Å²) in [5.74, 6) is -1.93. The number of aromatic carboxylic acids is 1. The summed E-state index contributed by atoms with van der Waals surface area (Å²) in [5.41, 5.74) is 0.158. The highest BCUT2D eigenvalue weighted by Gasteiger charge is 2.34. The normalized spacial score (nSPS) is 16.7. The lowest BCUT2D eigenvalue weighted by Gasteiger charge is -2.18. The number of halogens is 1. The molecule has 0 saturated carbocycles. The summed E-state index contributed by atoms with van der Waals surface area (Å²) in [4.78, 5) is 39.6. The number of carbonyl (C=O) groups is 3. The molecule has 148 valence electrons. The van der Waals surface area contributed by atoms with Crippen LogP contribution in [0.25, 0.3) is 0 Å². The molecule has 1 aromatic rings. The molecule has 0 radical (unpaired) electrons. The molecule has 2 amide bonds. The average Bonchev–Trinajstić information content (AvgIpc) is 2.97. The zero-order chi connectivity index (χ0) is 20.1. The number of hydrogen-bond acceptors (Lipinski definition) is 5. The van der Waals surface area contributed by atoms with E-state index in [-0.39, 0.29) is 40.3 Å². The largest absolute Gasteiger partial charge is 0.496 e. The molecule has 9 heteroatoms. The van der Waals surface area contributed by atoms with Crippen LogP contribution in [0.4, 0.5) is 5.69 Å². The first kappa shape index (κ1) is 21.0. The van der Waals surface area contributed by atoms with Crippen LogP contribution < -0.4 is 10.1 Å². The summed E-state index contributed by atoms with van der Waals surface area (Å²) in [6, 6.07) is 2.60. The highest BCUT2D eigenvalue weighted by molar-refractivity contribution is 6.34. The van der Waals surface area contributed by atoms with Crippen molar-refractivity contribution in [3.05, 3.63) is 22.7 Å². The molecule has 0 aliphatic carbocycles. The molecule has 1 aliphatic heterocycles. The van der Waals surface area contributed by atoms with E-state index in [0.717, 1.165) is 13.0 Å². The maximum atomic E-state index is 12.5. The molecular formula is C18H24ClN3O5. The van der Waals surface area contributed by atoms with Crippen LogP contribution in [0.3, 0.4) is 0 Å². The van der Waals surface area contributed by atoms with E-state index >= 15 is 0 Å². The number of carboxylic acid groups (broad SMARTS) is 1. The lowest BCUT2D eigenvalue weighted by Crippen LogP contribution is -2.30. The minimum Gasteiger partial charge on any atom is -0.496 e. The monoisotopic (exact) mass is 397 g/mol. The number of carboxylic acids is 1. The lowest BCUT2D eigenvalue weighted by atomic mass is 10.1. The van der Waals surface area contributed by atoms with Gasteiger partial charge in [0.2, 0.25) is 11.8 Å². The number of likely N-dealkylation sites (tertiary alicyclic amines) is 1. The predicted molar refractivity (Wildman–Crippen MR) is 101 cm³/mol. The molecule has 1 aromatic carbocycles. The number of rotatable bonds is 8. The maximum Gasteiger partial charge on any atom is 0.339 e. The van der Waals surface area contributed by atoms with Gasteiger partial charge in [-0.2, -0.15) is 0 Å². The van der Waals surface area contributed by atoms with Crippen LogP contribution in [0.15, 0.2) is 12.1 Å². The standard InChI is InChI=1S/C18H24ClN3O5/c1-21(2)5-4-6-22-10-11(7-16(22)23)17(24)20-14-9-15(27-3)12(18(25)26)8-13(14)19/h8-9,11H,4-7,10H2,1-3H3,(H,20,24)(H,25,26). The molecule has 1 heterocycles. The first-order chi connectivity index (χ1) is 12.7. The van der Waals surface area contributed by atoms with Gasteiger partial charge in [0, 0.05) is 25.6 Å². The Kier molecular flexibility index (Phi) is 7.04. The van der Waals surface area contributed by atoms with Gasteiger partial charge in [0.05, 0.1) is 23.7 Å². The number of carbonyl (C=O) groups excluding carboxylic acids is 2. The number of methoxy groups -OCH3 is 1. The summed E-state index contributed by atoms with van der Waals surface area (Å²) in [6.07, 6.45) is 0.989. The van der Waals surface area contributed by atoms with Crippen LogP contribution in [0, 0.1) is 5.92 Å². The Balaban J connectivity index is 2.03. The second kappa shape index (κ2) is 9.05. The first-order valence-corrected chi connectivity index (χ1v) is 8.95. The van der Waals surface area contributed by atoms with E-state index in [4.69, 9.17) is 21.4 Å². The van der Waals surface area contributed by atoms with Crippen molar-refractivity contribution in [2.75, 3.05) is 46.2 Å². The fourth-order valence-corrected chi connectivity index (χ4v) is 3.17. The van der Waals surface area contributed by atoms with Crippen LogP contribution in [0.2, 0.25) is 5.02 Å². The predicted octanol–water partition coefficient (Wildman–Crippen LogP) is 1.79. The van der Waals surface area contributed by atoms with Crippen molar-refractivity contribution in [3.8, 4) is 5.75 Å². The molecule has 1 unspecified atom stereocenters. The summed E-state index contributed by atoms with van der Waals surface area (Å²) in [7, 11) is 5.27. The molecule has 2 rings (SSSR count). The second-order valence-electron chi connectivity index (χ2n) is 6.72. The summed E-state index contributed by atoms with van der Waals surface area (Å²) < 4.78 is 5.05. The maximum absolute atomic E-state index is 12.5. The van der Waals surface area contributed by atoms with E-state index in [1.165, 1.54) is 19.2 Å². The van der Waals surface area contributed by atoms with Gasteiger partial charge in [0.25, 0.3) is 0 Å². The number of benzene rings is 1. The molecule has 1 fully saturated rings. The number of amides is 2. The molecule has 0 spiro atoms. The SMILES string of the molecule is COc1cc(NC(=O)C2CC(=O)N(CCCN(C)C)C2)c(Cl)cc1C(=O)O. The van der Waals surface area contributed by atoms with Gasteiger partial charge in [-0.05, 0) is 33.1 Å². The quantitative estimate of drug-likeness (QED) is 0.693. The van der Waals surface area contributed by atoms with Crippen molar-refractivity contribution < 1.29 is 24.2 Å². The van der Waals surface area contributed by atoms with Crippen molar-refractivity contribution in [1.82, 2.24) is 9.80 Å². The van der Waals surface area contributed by atoms with E-state index < -0.39 is 11.9 Å².